The Balaban J connectivity index is 0. The van der Waals surface area contributed by atoms with Gasteiger partial charge in [0.25, 0.3) is 5.91 Å². The van der Waals surface area contributed by atoms with Gasteiger partial charge in [-0.1, -0.05) is 43.7 Å². The number of nitrogens with zero attached hydrogens (tertiary/aromatic N) is 2. The van der Waals surface area contributed by atoms with Crippen molar-refractivity contribution >= 4 is 29.5 Å². The molecular weight excluding hydrogens is 550 g/mol. The highest BCUT2D eigenvalue weighted by atomic mass is 32.2. The highest BCUT2D eigenvalue weighted by Gasteiger charge is 2.35. The van der Waals surface area contributed by atoms with Gasteiger partial charge in [0.15, 0.2) is 0 Å². The van der Waals surface area contributed by atoms with Crippen molar-refractivity contribution in [1.82, 2.24) is 20.9 Å². The molecule has 41 heavy (non-hydrogen) atoms. The van der Waals surface area contributed by atoms with Gasteiger partial charge in [-0.25, -0.2) is 0 Å². The summed E-state index contributed by atoms with van der Waals surface area (Å²) in [7, 11) is 0. The van der Waals surface area contributed by atoms with Crippen molar-refractivity contribution in [1.29, 1.82) is 5.26 Å². The number of hydrogen-bond donors (Lipinski definition) is 5. The first-order valence-electron chi connectivity index (χ1n) is 13.1. The maximum Gasteiger partial charge on any atom is 0.253 e. The summed E-state index contributed by atoms with van der Waals surface area (Å²) in [6, 6.07) is 11.3. The van der Waals surface area contributed by atoms with E-state index < -0.39 is 48.1 Å². The van der Waals surface area contributed by atoms with Crippen molar-refractivity contribution in [2.75, 3.05) is 11.5 Å². The van der Waals surface area contributed by atoms with E-state index in [-0.39, 0.29) is 15.7 Å². The van der Waals surface area contributed by atoms with Gasteiger partial charge in [-0.3, -0.25) is 19.4 Å². The normalized spacial score (nSPS) is 14.0. The maximum atomic E-state index is 13.5. The number of pyridine rings is 1. The number of nitrogens with one attached hydrogen (secondary N) is 3. The second-order valence-corrected chi connectivity index (χ2v) is 10.3. The van der Waals surface area contributed by atoms with E-state index in [1.165, 1.54) is 24.9 Å². The van der Waals surface area contributed by atoms with Crippen LogP contribution in [0.15, 0.2) is 54.9 Å². The number of carbonyl (C=O) groups is 3. The highest BCUT2D eigenvalue weighted by molar-refractivity contribution is 7.99. The van der Waals surface area contributed by atoms with Gasteiger partial charge in [-0.15, -0.1) is 0 Å². The average Bonchev–Trinajstić information content (AvgIpc) is 2.99. The fraction of sp³-hybridized carbons (Fsp3) is 0.464. The molecule has 1 aromatic carbocycles. The summed E-state index contributed by atoms with van der Waals surface area (Å²) in [5, 5.41) is 39.3. The summed E-state index contributed by atoms with van der Waals surface area (Å²) in [6.45, 7) is 3.31. The van der Waals surface area contributed by atoms with E-state index in [9.17, 15) is 24.6 Å². The molecule has 2 aromatic rings. The second kappa shape index (κ2) is 20.1. The van der Waals surface area contributed by atoms with Crippen LogP contribution in [-0.4, -0.2) is 74.8 Å². The molecule has 1 aromatic heterocycles. The molecule has 0 aliphatic carbocycles. The summed E-state index contributed by atoms with van der Waals surface area (Å²) in [5.41, 5.74) is 1.10. The Hall–Kier alpha value is -3.86. The van der Waals surface area contributed by atoms with Crippen LogP contribution in [0.25, 0.3) is 0 Å². The van der Waals surface area contributed by atoms with E-state index in [4.69, 9.17) is 15.2 Å². The summed E-state index contributed by atoms with van der Waals surface area (Å²) in [5.74, 6) is -0.339. The molecule has 5 atom stereocenters. The van der Waals surface area contributed by atoms with Crippen LogP contribution in [0.1, 0.15) is 51.9 Å². The van der Waals surface area contributed by atoms with E-state index >= 15 is 0 Å². The molecule has 0 aliphatic rings. The summed E-state index contributed by atoms with van der Waals surface area (Å²) < 4.78 is 0. The minimum Gasteiger partial charge on any atom is -0.388 e. The van der Waals surface area contributed by atoms with Gasteiger partial charge in [0.05, 0.1) is 30.1 Å². The average molecular weight is 592 g/mol. The van der Waals surface area contributed by atoms with Gasteiger partial charge in [-0.05, 0) is 36.3 Å². The first kappa shape index (κ1) is 35.2. The number of rotatable bonds is 16. The molecule has 12 nitrogen and oxygen atoms in total. The van der Waals surface area contributed by atoms with E-state index in [0.717, 1.165) is 24.2 Å². The Morgan fingerprint density at radius 3 is 2.29 bits per heavy atom. The zero-order valence-corrected chi connectivity index (χ0v) is 23.9. The van der Waals surface area contributed by atoms with Gasteiger partial charge < -0.3 is 26.2 Å². The van der Waals surface area contributed by atoms with Gasteiger partial charge in [0, 0.05) is 37.9 Å². The third-order valence-electron chi connectivity index (χ3n) is 5.97. The molecule has 0 spiro atoms. The van der Waals surface area contributed by atoms with Crippen LogP contribution in [0.3, 0.4) is 0 Å². The molecule has 0 unspecified atom stereocenters. The fourth-order valence-electron chi connectivity index (χ4n) is 3.87. The topological polar surface area (TPSA) is 199 Å². The number of amides is 3. The number of unbranched alkanes of at least 4 members (excludes halogenated alkanes) is 1. The van der Waals surface area contributed by atoms with Gasteiger partial charge in [0.1, 0.15) is 18.2 Å². The zero-order chi connectivity index (χ0) is 30.6. The largest absolute Gasteiger partial charge is 0.388 e. The Morgan fingerprint density at radius 1 is 1.02 bits per heavy atom. The van der Waals surface area contributed by atoms with E-state index in [1.54, 1.807) is 18.3 Å². The van der Waals surface area contributed by atoms with E-state index in [0.29, 0.717) is 11.3 Å². The Bertz CT molecular complexity index is 1120. The zero-order valence-electron chi connectivity index (χ0n) is 23.1. The molecule has 0 fully saturated rings. The number of thioether (sulfide) groups is 1. The van der Waals surface area contributed by atoms with Crippen molar-refractivity contribution in [3.8, 4) is 6.07 Å². The third kappa shape index (κ3) is 12.9. The highest BCUT2D eigenvalue weighted by Crippen LogP contribution is 2.15. The number of benzene rings is 1. The fourth-order valence-corrected chi connectivity index (χ4v) is 5.00. The number of carbonyl (C=O) groups excluding carboxylic acids is 3. The van der Waals surface area contributed by atoms with Crippen LogP contribution in [0.5, 0.6) is 0 Å². The molecule has 2 rings (SSSR count). The lowest BCUT2D eigenvalue weighted by Gasteiger charge is -2.33. The summed E-state index contributed by atoms with van der Waals surface area (Å²) >= 11 is 1.53. The van der Waals surface area contributed by atoms with Gasteiger partial charge in [-0.2, -0.15) is 17.0 Å². The molecule has 13 heteroatoms. The quantitative estimate of drug-likeness (QED) is 0.180. The minimum absolute atomic E-state index is 0. The molecule has 0 aliphatic heterocycles. The first-order valence-corrected chi connectivity index (χ1v) is 14.2. The van der Waals surface area contributed by atoms with Crippen molar-refractivity contribution in [2.45, 2.75) is 69.9 Å². The van der Waals surface area contributed by atoms with Crippen LogP contribution < -0.4 is 16.0 Å². The SMILES string of the molecule is CCCCSC[C@@H](NC(=O)c1cccnc1)C(=O)N[C@@H](Cc1ccccc1)[C@@H](O)[C@H](O)[C@@H](CC#N)NC(C)=O.O=O.[HH].[HH]. The number of aliphatic hydroxyl groups is 2. The Labute approximate surface area is 246 Å². The number of aromatic nitrogens is 1. The molecule has 5 N–H and O–H groups in total. The second-order valence-electron chi connectivity index (χ2n) is 9.15. The smallest absolute Gasteiger partial charge is 0.253 e. The standard InChI is InChI=1S/C28H37N5O5S.O2.2H2/c1-3-4-15-39-18-24(33-27(37)21-11-8-14-30-17-21)28(38)32-23(16-20-9-6-5-7-10-20)26(36)25(35)22(12-13-29)31-19(2)34;1-2;;/h5-11,14,17,22-26,35-36H,3-4,12,15-16,18H2,1-2H3,(H,31,34)(H,32,38)(H,33,37);;2*1H/t22-,23+,24-,25-,26-;;;/m1.../s1. The van der Waals surface area contributed by atoms with E-state index in [1.807, 2.05) is 36.4 Å². The summed E-state index contributed by atoms with van der Waals surface area (Å²) in [4.78, 5) is 55.9. The number of aliphatic hydroxyl groups excluding tert-OH is 2. The molecular formula is C28H41N5O7S. The Kier molecular flexibility index (Phi) is 17.2. The van der Waals surface area contributed by atoms with Crippen LogP contribution >= 0.6 is 11.8 Å². The van der Waals surface area contributed by atoms with Crippen LogP contribution in [-0.2, 0) is 16.0 Å². The third-order valence-corrected chi connectivity index (χ3v) is 7.12. The van der Waals surface area contributed by atoms with Crippen molar-refractivity contribution in [3.05, 3.63) is 75.9 Å². The molecule has 3 amide bonds. The van der Waals surface area contributed by atoms with Gasteiger partial charge in [0.2, 0.25) is 11.8 Å². The lowest BCUT2D eigenvalue weighted by molar-refractivity contribution is -0.126. The van der Waals surface area contributed by atoms with Crippen LogP contribution in [0, 0.1) is 21.3 Å². The molecule has 0 saturated carbocycles. The predicted octanol–water partition coefficient (Wildman–Crippen LogP) is 2.14. The molecule has 0 bridgehead atoms. The maximum absolute atomic E-state index is 13.5. The lowest BCUT2D eigenvalue weighted by Crippen LogP contribution is -2.59. The first-order chi connectivity index (χ1) is 19.8. The molecule has 1 heterocycles. The van der Waals surface area contributed by atoms with Crippen molar-refractivity contribution in [2.24, 2.45) is 0 Å². The predicted molar refractivity (Wildman–Crippen MR) is 161 cm³/mol. The molecule has 0 saturated heterocycles. The molecule has 226 valence electrons. The van der Waals surface area contributed by atoms with Crippen LogP contribution in [0.4, 0.5) is 0 Å². The van der Waals surface area contributed by atoms with Gasteiger partial charge >= 0.3 is 0 Å². The number of hydrogen-bond acceptors (Lipinski definition) is 10. The minimum atomic E-state index is -1.54. The molecule has 0 radical (unpaired) electrons. The number of nitriles is 1. The van der Waals surface area contributed by atoms with Crippen molar-refractivity contribution in [3.63, 3.8) is 0 Å². The van der Waals surface area contributed by atoms with E-state index in [2.05, 4.69) is 27.9 Å². The van der Waals surface area contributed by atoms with Crippen molar-refractivity contribution < 1.29 is 27.4 Å². The lowest BCUT2D eigenvalue weighted by atomic mass is 9.92. The Morgan fingerprint density at radius 2 is 1.71 bits per heavy atom. The monoisotopic (exact) mass is 591 g/mol. The summed E-state index contributed by atoms with van der Waals surface area (Å²) in [6.07, 6.45) is 1.77. The van der Waals surface area contributed by atoms with Crippen LogP contribution in [0.2, 0.25) is 0 Å².